The molecule has 8 heteroatoms. The number of carbonyl (C=O) groups is 2. The van der Waals surface area contributed by atoms with Gasteiger partial charge in [0.1, 0.15) is 6.04 Å². The highest BCUT2D eigenvalue weighted by molar-refractivity contribution is 6.00. The SMILES string of the molecule is CNC1CCN(c2ccc3c(c2)n(C)c(=O)n3C2CCC(=O)NC2=O)C1. The van der Waals surface area contributed by atoms with Gasteiger partial charge < -0.3 is 10.2 Å². The van der Waals surface area contributed by atoms with Gasteiger partial charge in [-0.25, -0.2) is 4.79 Å². The quantitative estimate of drug-likeness (QED) is 0.762. The third kappa shape index (κ3) is 2.61. The maximum Gasteiger partial charge on any atom is 0.329 e. The number of imidazole rings is 1. The van der Waals surface area contributed by atoms with E-state index in [1.54, 1.807) is 11.6 Å². The van der Waals surface area contributed by atoms with Crippen molar-refractivity contribution < 1.29 is 9.59 Å². The van der Waals surface area contributed by atoms with E-state index in [1.165, 1.54) is 4.57 Å². The average molecular weight is 357 g/mol. The van der Waals surface area contributed by atoms with Crippen molar-refractivity contribution >= 4 is 28.5 Å². The molecule has 2 unspecified atom stereocenters. The molecule has 1 aromatic heterocycles. The highest BCUT2D eigenvalue weighted by atomic mass is 16.2. The largest absolute Gasteiger partial charge is 0.370 e. The van der Waals surface area contributed by atoms with Gasteiger partial charge in [-0.05, 0) is 38.1 Å². The topological polar surface area (TPSA) is 88.4 Å². The minimum absolute atomic E-state index is 0.235. The molecule has 0 bridgehead atoms. The van der Waals surface area contributed by atoms with Crippen molar-refractivity contribution in [1.82, 2.24) is 19.8 Å². The fraction of sp³-hybridized carbons (Fsp3) is 0.500. The molecule has 26 heavy (non-hydrogen) atoms. The van der Waals surface area contributed by atoms with Crippen molar-refractivity contribution in [1.29, 1.82) is 0 Å². The average Bonchev–Trinajstić information content (AvgIpc) is 3.20. The second-order valence-electron chi connectivity index (χ2n) is 7.07. The minimum Gasteiger partial charge on any atom is -0.370 e. The third-order valence-electron chi connectivity index (χ3n) is 5.56. The van der Waals surface area contributed by atoms with E-state index in [1.807, 2.05) is 25.2 Å². The Labute approximate surface area is 150 Å². The molecule has 2 fully saturated rings. The van der Waals surface area contributed by atoms with Crippen LogP contribution in [0.4, 0.5) is 5.69 Å². The first-order valence-electron chi connectivity index (χ1n) is 8.96. The Kier molecular flexibility index (Phi) is 4.07. The number of amides is 2. The van der Waals surface area contributed by atoms with Crippen molar-refractivity contribution in [2.75, 3.05) is 25.0 Å². The molecule has 2 aliphatic rings. The predicted molar refractivity (Wildman–Crippen MR) is 98.3 cm³/mol. The zero-order valence-corrected chi connectivity index (χ0v) is 15.0. The maximum absolute atomic E-state index is 12.8. The van der Waals surface area contributed by atoms with E-state index in [0.717, 1.165) is 36.2 Å². The first kappa shape index (κ1) is 16.8. The fourth-order valence-corrected chi connectivity index (χ4v) is 4.01. The number of hydrogen-bond donors (Lipinski definition) is 2. The van der Waals surface area contributed by atoms with E-state index < -0.39 is 11.9 Å². The van der Waals surface area contributed by atoms with Crippen LogP contribution in [0, 0.1) is 0 Å². The Morgan fingerprint density at radius 1 is 1.15 bits per heavy atom. The van der Waals surface area contributed by atoms with Crippen molar-refractivity contribution in [3.8, 4) is 0 Å². The van der Waals surface area contributed by atoms with Crippen LogP contribution in [-0.2, 0) is 16.6 Å². The monoisotopic (exact) mass is 357 g/mol. The molecule has 8 nitrogen and oxygen atoms in total. The summed E-state index contributed by atoms with van der Waals surface area (Å²) in [6.07, 6.45) is 1.68. The number of benzene rings is 1. The van der Waals surface area contributed by atoms with Crippen LogP contribution < -0.4 is 21.2 Å². The summed E-state index contributed by atoms with van der Waals surface area (Å²) in [6, 6.07) is 5.75. The summed E-state index contributed by atoms with van der Waals surface area (Å²) in [4.78, 5) is 38.7. The number of imide groups is 1. The number of aromatic nitrogens is 2. The Bertz CT molecular complexity index is 944. The van der Waals surface area contributed by atoms with Crippen LogP contribution in [0.25, 0.3) is 11.0 Å². The molecule has 4 rings (SSSR count). The lowest BCUT2D eigenvalue weighted by Crippen LogP contribution is -2.44. The van der Waals surface area contributed by atoms with Gasteiger partial charge in [0.15, 0.2) is 0 Å². The second kappa shape index (κ2) is 6.28. The van der Waals surface area contributed by atoms with Gasteiger partial charge in [-0.1, -0.05) is 0 Å². The van der Waals surface area contributed by atoms with Crippen LogP contribution in [0.1, 0.15) is 25.3 Å². The number of carbonyl (C=O) groups excluding carboxylic acids is 2. The van der Waals surface area contributed by atoms with Gasteiger partial charge >= 0.3 is 5.69 Å². The number of aryl methyl sites for hydroxylation is 1. The highest BCUT2D eigenvalue weighted by Gasteiger charge is 2.31. The first-order valence-corrected chi connectivity index (χ1v) is 8.96. The number of nitrogens with one attached hydrogen (secondary N) is 2. The molecule has 2 saturated heterocycles. The number of anilines is 1. The molecule has 2 N–H and O–H groups in total. The Morgan fingerprint density at radius 2 is 1.96 bits per heavy atom. The molecule has 0 aliphatic carbocycles. The summed E-state index contributed by atoms with van der Waals surface area (Å²) in [6.45, 7) is 1.91. The number of piperidine rings is 1. The molecule has 0 radical (unpaired) electrons. The molecule has 0 saturated carbocycles. The van der Waals surface area contributed by atoms with Crippen molar-refractivity contribution in [3.63, 3.8) is 0 Å². The van der Waals surface area contributed by atoms with Crippen LogP contribution in [0.3, 0.4) is 0 Å². The Hall–Kier alpha value is -2.61. The zero-order chi connectivity index (χ0) is 18.4. The molecular formula is C18H23N5O3. The minimum atomic E-state index is -0.643. The first-order chi connectivity index (χ1) is 12.5. The van der Waals surface area contributed by atoms with Gasteiger partial charge in [0.2, 0.25) is 11.8 Å². The highest BCUT2D eigenvalue weighted by Crippen LogP contribution is 2.28. The summed E-state index contributed by atoms with van der Waals surface area (Å²) in [5.74, 6) is -0.689. The zero-order valence-electron chi connectivity index (χ0n) is 15.0. The summed E-state index contributed by atoms with van der Waals surface area (Å²) < 4.78 is 3.09. The molecule has 138 valence electrons. The smallest absolute Gasteiger partial charge is 0.329 e. The van der Waals surface area contributed by atoms with Crippen LogP contribution in [0.15, 0.2) is 23.0 Å². The van der Waals surface area contributed by atoms with Gasteiger partial charge in [-0.3, -0.25) is 24.0 Å². The molecule has 2 amide bonds. The number of likely N-dealkylation sites (N-methyl/N-ethyl adjacent to an activating group) is 1. The van der Waals surface area contributed by atoms with E-state index in [4.69, 9.17) is 0 Å². The van der Waals surface area contributed by atoms with Crippen LogP contribution in [-0.4, -0.2) is 47.1 Å². The number of fused-ring (bicyclic) bond motifs is 1. The molecule has 1 aromatic carbocycles. The van der Waals surface area contributed by atoms with E-state index in [9.17, 15) is 14.4 Å². The van der Waals surface area contributed by atoms with E-state index in [-0.39, 0.29) is 18.0 Å². The lowest BCUT2D eigenvalue weighted by molar-refractivity contribution is -0.135. The van der Waals surface area contributed by atoms with Gasteiger partial charge in [0, 0.05) is 38.3 Å². The van der Waals surface area contributed by atoms with Crippen LogP contribution in [0.5, 0.6) is 0 Å². The lowest BCUT2D eigenvalue weighted by Gasteiger charge is -2.22. The molecule has 2 aliphatic heterocycles. The molecule has 0 spiro atoms. The van der Waals surface area contributed by atoms with Gasteiger partial charge in [-0.2, -0.15) is 0 Å². The van der Waals surface area contributed by atoms with E-state index in [0.29, 0.717) is 12.5 Å². The van der Waals surface area contributed by atoms with Gasteiger partial charge in [-0.15, -0.1) is 0 Å². The fourth-order valence-electron chi connectivity index (χ4n) is 4.01. The van der Waals surface area contributed by atoms with Gasteiger partial charge in [0.25, 0.3) is 0 Å². The normalized spacial score (nSPS) is 23.7. The van der Waals surface area contributed by atoms with E-state index >= 15 is 0 Å². The molecular weight excluding hydrogens is 334 g/mol. The molecule has 2 aromatic rings. The number of hydrogen-bond acceptors (Lipinski definition) is 5. The number of nitrogens with zero attached hydrogens (tertiary/aromatic N) is 3. The standard InChI is InChI=1S/C18H23N5O3/c1-19-11-7-8-22(10-11)12-3-4-13-15(9-12)21(2)18(26)23(13)14-5-6-16(24)20-17(14)25/h3-4,9,11,14,19H,5-8,10H2,1-2H3,(H,20,24,25). The summed E-state index contributed by atoms with van der Waals surface area (Å²) in [5, 5.41) is 5.64. The second-order valence-corrected chi connectivity index (χ2v) is 7.07. The molecule has 2 atom stereocenters. The Balaban J connectivity index is 1.75. The van der Waals surface area contributed by atoms with Crippen molar-refractivity contribution in [2.24, 2.45) is 7.05 Å². The van der Waals surface area contributed by atoms with Gasteiger partial charge in [0.05, 0.1) is 11.0 Å². The predicted octanol–water partition coefficient (Wildman–Crippen LogP) is 0.116. The van der Waals surface area contributed by atoms with Crippen LogP contribution in [0.2, 0.25) is 0 Å². The summed E-state index contributed by atoms with van der Waals surface area (Å²) >= 11 is 0. The number of rotatable bonds is 3. The van der Waals surface area contributed by atoms with Crippen molar-refractivity contribution in [3.05, 3.63) is 28.7 Å². The van der Waals surface area contributed by atoms with Crippen LogP contribution >= 0.6 is 0 Å². The maximum atomic E-state index is 12.8. The van der Waals surface area contributed by atoms with Crippen molar-refractivity contribution in [2.45, 2.75) is 31.3 Å². The summed E-state index contributed by atoms with van der Waals surface area (Å²) in [5.41, 5.74) is 2.36. The molecule has 3 heterocycles. The third-order valence-corrected chi connectivity index (χ3v) is 5.56. The van der Waals surface area contributed by atoms with E-state index in [2.05, 4.69) is 15.5 Å². The summed E-state index contributed by atoms with van der Waals surface area (Å²) in [7, 11) is 3.69. The Morgan fingerprint density at radius 3 is 2.65 bits per heavy atom. The lowest BCUT2D eigenvalue weighted by atomic mass is 10.1.